The van der Waals surface area contributed by atoms with Crippen molar-refractivity contribution in [3.05, 3.63) is 40.1 Å². The number of hydrazine groups is 1. The molecule has 0 aliphatic heterocycles. The Morgan fingerprint density at radius 3 is 2.50 bits per heavy atom. The van der Waals surface area contributed by atoms with E-state index in [2.05, 4.69) is 56.6 Å². The van der Waals surface area contributed by atoms with E-state index in [-0.39, 0.29) is 5.92 Å². The molecule has 0 unspecified atom stereocenters. The summed E-state index contributed by atoms with van der Waals surface area (Å²) in [6.07, 6.45) is 1.50. The van der Waals surface area contributed by atoms with Crippen molar-refractivity contribution in [2.75, 3.05) is 10.7 Å². The van der Waals surface area contributed by atoms with Gasteiger partial charge in [0.2, 0.25) is 0 Å². The molecule has 5 nitrogen and oxygen atoms in total. The molecule has 0 saturated carbocycles. The molecule has 4 N–H and O–H groups in total. The zero-order chi connectivity index (χ0) is 14.7. The van der Waals surface area contributed by atoms with E-state index in [0.717, 1.165) is 27.1 Å². The molecule has 0 aliphatic rings. The topological polar surface area (TPSA) is 75.9 Å². The standard InChI is InChI=1S/C14H18BrN5/c1-8(2)12-13(17-7-18-14(12)20-16)19-10-4-5-11(15)9(3)6-10/h4-8H,16H2,1-3H3,(H2,17,18,19,20). The number of nitrogens with zero attached hydrogens (tertiary/aromatic N) is 2. The largest absolute Gasteiger partial charge is 0.340 e. The Balaban J connectivity index is 2.40. The summed E-state index contributed by atoms with van der Waals surface area (Å²) in [4.78, 5) is 8.48. The first kappa shape index (κ1) is 14.7. The molecule has 1 heterocycles. The van der Waals surface area contributed by atoms with Gasteiger partial charge in [0.1, 0.15) is 18.0 Å². The van der Waals surface area contributed by atoms with Crippen LogP contribution in [-0.4, -0.2) is 9.97 Å². The second-order valence-electron chi connectivity index (χ2n) is 4.87. The van der Waals surface area contributed by atoms with Crippen LogP contribution < -0.4 is 16.6 Å². The third kappa shape index (κ3) is 3.08. The number of hydrogen-bond acceptors (Lipinski definition) is 5. The minimum absolute atomic E-state index is 0.251. The van der Waals surface area contributed by atoms with Crippen molar-refractivity contribution in [2.24, 2.45) is 5.84 Å². The number of hydrogen-bond donors (Lipinski definition) is 3. The van der Waals surface area contributed by atoms with Crippen LogP contribution in [0.1, 0.15) is 30.9 Å². The molecule has 2 aromatic rings. The van der Waals surface area contributed by atoms with E-state index in [4.69, 9.17) is 5.84 Å². The molecule has 0 radical (unpaired) electrons. The maximum Gasteiger partial charge on any atom is 0.148 e. The van der Waals surface area contributed by atoms with Crippen molar-refractivity contribution >= 4 is 33.3 Å². The van der Waals surface area contributed by atoms with Crippen LogP contribution in [0.15, 0.2) is 29.0 Å². The van der Waals surface area contributed by atoms with Crippen molar-refractivity contribution < 1.29 is 0 Å². The summed E-state index contributed by atoms with van der Waals surface area (Å²) >= 11 is 3.50. The molecular weight excluding hydrogens is 318 g/mol. The SMILES string of the molecule is Cc1cc(Nc2ncnc(NN)c2C(C)C)ccc1Br. The summed E-state index contributed by atoms with van der Waals surface area (Å²) in [6.45, 7) is 6.21. The third-order valence-electron chi connectivity index (χ3n) is 3.02. The van der Waals surface area contributed by atoms with E-state index in [1.54, 1.807) is 0 Å². The molecule has 20 heavy (non-hydrogen) atoms. The lowest BCUT2D eigenvalue weighted by molar-refractivity contribution is 0.850. The highest BCUT2D eigenvalue weighted by molar-refractivity contribution is 9.10. The fourth-order valence-electron chi connectivity index (χ4n) is 2.02. The highest BCUT2D eigenvalue weighted by atomic mass is 79.9. The zero-order valence-corrected chi connectivity index (χ0v) is 13.3. The van der Waals surface area contributed by atoms with Crippen molar-refractivity contribution in [3.63, 3.8) is 0 Å². The van der Waals surface area contributed by atoms with E-state index in [1.165, 1.54) is 6.33 Å². The molecule has 0 atom stereocenters. The Kier molecular flexibility index (Phi) is 4.57. The average molecular weight is 336 g/mol. The van der Waals surface area contributed by atoms with Crippen LogP contribution in [0.5, 0.6) is 0 Å². The lowest BCUT2D eigenvalue weighted by atomic mass is 10.0. The normalized spacial score (nSPS) is 10.7. The van der Waals surface area contributed by atoms with Crippen LogP contribution >= 0.6 is 15.9 Å². The number of halogens is 1. The Bertz CT molecular complexity index is 613. The number of aryl methyl sites for hydroxylation is 1. The lowest BCUT2D eigenvalue weighted by Crippen LogP contribution is -2.14. The quantitative estimate of drug-likeness (QED) is 0.586. The van der Waals surface area contributed by atoms with Crippen molar-refractivity contribution in [2.45, 2.75) is 26.7 Å². The number of nitrogens with two attached hydrogens (primary N) is 1. The van der Waals surface area contributed by atoms with Gasteiger partial charge >= 0.3 is 0 Å². The Morgan fingerprint density at radius 2 is 1.90 bits per heavy atom. The summed E-state index contributed by atoms with van der Waals surface area (Å²) in [5, 5.41) is 3.33. The highest BCUT2D eigenvalue weighted by Crippen LogP contribution is 2.30. The van der Waals surface area contributed by atoms with E-state index < -0.39 is 0 Å². The van der Waals surface area contributed by atoms with Gasteiger partial charge in [-0.05, 0) is 36.6 Å². The number of aromatic nitrogens is 2. The fraction of sp³-hybridized carbons (Fsp3) is 0.286. The first-order valence-corrected chi connectivity index (χ1v) is 7.17. The van der Waals surface area contributed by atoms with Crippen molar-refractivity contribution in [1.29, 1.82) is 0 Å². The van der Waals surface area contributed by atoms with Crippen molar-refractivity contribution in [1.82, 2.24) is 9.97 Å². The van der Waals surface area contributed by atoms with Gasteiger partial charge in [-0.2, -0.15) is 0 Å². The first-order valence-electron chi connectivity index (χ1n) is 6.37. The molecule has 2 rings (SSSR count). The number of nitrogen functional groups attached to an aromatic ring is 1. The smallest absolute Gasteiger partial charge is 0.148 e. The number of anilines is 3. The summed E-state index contributed by atoms with van der Waals surface area (Å²) in [7, 11) is 0. The van der Waals surface area contributed by atoms with Gasteiger partial charge in [-0.3, -0.25) is 0 Å². The summed E-state index contributed by atoms with van der Waals surface area (Å²) in [5.74, 6) is 7.18. The molecule has 0 saturated heterocycles. The summed E-state index contributed by atoms with van der Waals surface area (Å²) in [5.41, 5.74) is 5.73. The van der Waals surface area contributed by atoms with Gasteiger partial charge in [0, 0.05) is 15.7 Å². The number of benzene rings is 1. The molecule has 0 fully saturated rings. The molecular formula is C14H18BrN5. The van der Waals surface area contributed by atoms with Crippen LogP contribution in [0.25, 0.3) is 0 Å². The zero-order valence-electron chi connectivity index (χ0n) is 11.7. The van der Waals surface area contributed by atoms with Gasteiger partial charge < -0.3 is 10.7 Å². The Hall–Kier alpha value is -1.66. The second-order valence-corrected chi connectivity index (χ2v) is 5.73. The average Bonchev–Trinajstić information content (AvgIpc) is 2.42. The monoisotopic (exact) mass is 335 g/mol. The van der Waals surface area contributed by atoms with E-state index in [0.29, 0.717) is 5.82 Å². The predicted octanol–water partition coefficient (Wildman–Crippen LogP) is 3.70. The number of rotatable bonds is 4. The van der Waals surface area contributed by atoms with Crippen molar-refractivity contribution in [3.8, 4) is 0 Å². The molecule has 0 spiro atoms. The van der Waals surface area contributed by atoms with E-state index in [9.17, 15) is 0 Å². The molecule has 6 heteroatoms. The van der Waals surface area contributed by atoms with Crippen LogP contribution in [0.3, 0.4) is 0 Å². The first-order chi connectivity index (χ1) is 9.52. The Morgan fingerprint density at radius 1 is 1.20 bits per heavy atom. The van der Waals surface area contributed by atoms with Gasteiger partial charge in [0.15, 0.2) is 0 Å². The third-order valence-corrected chi connectivity index (χ3v) is 3.91. The second kappa shape index (κ2) is 6.19. The van der Waals surface area contributed by atoms with E-state index >= 15 is 0 Å². The van der Waals surface area contributed by atoms with Crippen LogP contribution in [-0.2, 0) is 0 Å². The lowest BCUT2D eigenvalue weighted by Gasteiger charge is -2.16. The fourth-order valence-corrected chi connectivity index (χ4v) is 2.26. The van der Waals surface area contributed by atoms with E-state index in [1.807, 2.05) is 19.1 Å². The van der Waals surface area contributed by atoms with Gasteiger partial charge in [-0.25, -0.2) is 15.8 Å². The molecule has 0 amide bonds. The predicted molar refractivity (Wildman–Crippen MR) is 86.1 cm³/mol. The highest BCUT2D eigenvalue weighted by Gasteiger charge is 2.14. The summed E-state index contributed by atoms with van der Waals surface area (Å²) < 4.78 is 1.08. The molecule has 0 bridgehead atoms. The van der Waals surface area contributed by atoms with Gasteiger partial charge in [-0.15, -0.1) is 0 Å². The summed E-state index contributed by atoms with van der Waals surface area (Å²) in [6, 6.07) is 6.07. The van der Waals surface area contributed by atoms with Gasteiger partial charge in [-0.1, -0.05) is 29.8 Å². The number of nitrogens with one attached hydrogen (secondary N) is 2. The maximum absolute atomic E-state index is 5.52. The molecule has 1 aromatic carbocycles. The minimum atomic E-state index is 0.251. The maximum atomic E-state index is 5.52. The molecule has 106 valence electrons. The Labute approximate surface area is 127 Å². The minimum Gasteiger partial charge on any atom is -0.340 e. The van der Waals surface area contributed by atoms with Gasteiger partial charge in [0.25, 0.3) is 0 Å². The molecule has 0 aliphatic carbocycles. The van der Waals surface area contributed by atoms with Crippen LogP contribution in [0, 0.1) is 6.92 Å². The van der Waals surface area contributed by atoms with Crippen LogP contribution in [0.2, 0.25) is 0 Å². The van der Waals surface area contributed by atoms with Crippen LogP contribution in [0.4, 0.5) is 17.3 Å². The molecule has 1 aromatic heterocycles. The van der Waals surface area contributed by atoms with Gasteiger partial charge in [0.05, 0.1) is 0 Å².